The van der Waals surface area contributed by atoms with Crippen LogP contribution in [0.15, 0.2) is 5.10 Å². The highest BCUT2D eigenvalue weighted by atomic mass is 16.7. The van der Waals surface area contributed by atoms with E-state index in [2.05, 4.69) is 5.10 Å². The summed E-state index contributed by atoms with van der Waals surface area (Å²) in [6, 6.07) is 0. The average Bonchev–Trinajstić information content (AvgIpc) is 1.98. The molecule has 0 heterocycles. The van der Waals surface area contributed by atoms with E-state index >= 15 is 0 Å². The van der Waals surface area contributed by atoms with Gasteiger partial charge >= 0.3 is 0 Å². The van der Waals surface area contributed by atoms with Crippen LogP contribution in [0.5, 0.6) is 0 Å². The van der Waals surface area contributed by atoms with Crippen LogP contribution in [0.2, 0.25) is 0 Å². The van der Waals surface area contributed by atoms with Crippen molar-refractivity contribution in [2.75, 3.05) is 28.3 Å². The maximum Gasteiger partial charge on any atom is 0.162 e. The lowest BCUT2D eigenvalue weighted by Gasteiger charge is -2.14. The van der Waals surface area contributed by atoms with Gasteiger partial charge in [-0.2, -0.15) is 5.10 Å². The predicted octanol–water partition coefficient (Wildman–Crippen LogP) is 0.933. The zero-order valence-electron chi connectivity index (χ0n) is 8.50. The SMILES string of the molecule is COC(C/C(C)=N/N(C)C)OC. The molecule has 0 unspecified atom stereocenters. The maximum absolute atomic E-state index is 5.03. The highest BCUT2D eigenvalue weighted by molar-refractivity contribution is 5.81. The third-order valence-corrected chi connectivity index (χ3v) is 1.36. The Labute approximate surface area is 74.1 Å². The van der Waals surface area contributed by atoms with Gasteiger partial charge in [-0.05, 0) is 6.92 Å². The molecule has 0 atom stereocenters. The fourth-order valence-electron chi connectivity index (χ4n) is 0.886. The summed E-state index contributed by atoms with van der Waals surface area (Å²) in [5.41, 5.74) is 0.994. The molecule has 72 valence electrons. The molecule has 0 bridgehead atoms. The molecular formula is C8H18N2O2. The molecule has 0 rings (SSSR count). The number of methoxy groups -OCH3 is 2. The smallest absolute Gasteiger partial charge is 0.162 e. The zero-order chi connectivity index (χ0) is 9.56. The van der Waals surface area contributed by atoms with Crippen LogP contribution in [0.25, 0.3) is 0 Å². The fraction of sp³-hybridized carbons (Fsp3) is 0.875. The lowest BCUT2D eigenvalue weighted by atomic mass is 10.3. The van der Waals surface area contributed by atoms with Crippen LogP contribution in [-0.4, -0.2) is 45.3 Å². The topological polar surface area (TPSA) is 34.1 Å². The summed E-state index contributed by atoms with van der Waals surface area (Å²) in [6.45, 7) is 1.95. The van der Waals surface area contributed by atoms with E-state index in [9.17, 15) is 0 Å². The first-order valence-electron chi connectivity index (χ1n) is 3.87. The highest BCUT2D eigenvalue weighted by Crippen LogP contribution is 2.00. The van der Waals surface area contributed by atoms with Gasteiger partial charge in [0.15, 0.2) is 6.29 Å². The van der Waals surface area contributed by atoms with Gasteiger partial charge in [0.1, 0.15) is 0 Å². The van der Waals surface area contributed by atoms with E-state index in [4.69, 9.17) is 9.47 Å². The average molecular weight is 174 g/mol. The molecule has 12 heavy (non-hydrogen) atoms. The first kappa shape index (κ1) is 11.4. The van der Waals surface area contributed by atoms with Crippen LogP contribution < -0.4 is 0 Å². The van der Waals surface area contributed by atoms with Crippen molar-refractivity contribution >= 4 is 5.71 Å². The van der Waals surface area contributed by atoms with Crippen LogP contribution in [-0.2, 0) is 9.47 Å². The second-order valence-corrected chi connectivity index (χ2v) is 2.79. The minimum absolute atomic E-state index is 0.186. The van der Waals surface area contributed by atoms with Gasteiger partial charge < -0.3 is 14.5 Å². The summed E-state index contributed by atoms with van der Waals surface area (Å²) < 4.78 is 10.1. The van der Waals surface area contributed by atoms with Gasteiger partial charge in [-0.3, -0.25) is 0 Å². The van der Waals surface area contributed by atoms with E-state index in [1.165, 1.54) is 0 Å². The van der Waals surface area contributed by atoms with Gasteiger partial charge in [0.05, 0.1) is 0 Å². The quantitative estimate of drug-likeness (QED) is 0.353. The van der Waals surface area contributed by atoms with E-state index in [0.717, 1.165) is 5.71 Å². The van der Waals surface area contributed by atoms with Gasteiger partial charge in [0, 0.05) is 40.4 Å². The van der Waals surface area contributed by atoms with Crippen molar-refractivity contribution in [2.24, 2.45) is 5.10 Å². The Morgan fingerprint density at radius 1 is 1.33 bits per heavy atom. The van der Waals surface area contributed by atoms with Crippen LogP contribution in [0.1, 0.15) is 13.3 Å². The molecule has 0 aromatic carbocycles. The number of hydrogen-bond donors (Lipinski definition) is 0. The van der Waals surface area contributed by atoms with E-state index < -0.39 is 0 Å². The Hall–Kier alpha value is -0.610. The molecule has 4 nitrogen and oxygen atoms in total. The Morgan fingerprint density at radius 2 is 1.83 bits per heavy atom. The third-order valence-electron chi connectivity index (χ3n) is 1.36. The molecule has 0 amide bonds. The standard InChI is InChI=1S/C8H18N2O2/c1-7(9-10(2)3)6-8(11-4)12-5/h8H,6H2,1-5H3/b9-7+. The molecule has 0 aliphatic carbocycles. The number of rotatable bonds is 5. The van der Waals surface area contributed by atoms with E-state index in [0.29, 0.717) is 6.42 Å². The lowest BCUT2D eigenvalue weighted by Crippen LogP contribution is -2.18. The molecule has 0 fully saturated rings. The van der Waals surface area contributed by atoms with Gasteiger partial charge in [-0.25, -0.2) is 0 Å². The molecule has 0 saturated carbocycles. The van der Waals surface area contributed by atoms with Crippen LogP contribution in [0.3, 0.4) is 0 Å². The van der Waals surface area contributed by atoms with Crippen molar-refractivity contribution in [2.45, 2.75) is 19.6 Å². The molecule has 0 N–H and O–H groups in total. The number of nitrogens with zero attached hydrogens (tertiary/aromatic N) is 2. The minimum Gasteiger partial charge on any atom is -0.356 e. The Kier molecular flexibility index (Phi) is 5.66. The van der Waals surface area contributed by atoms with Crippen molar-refractivity contribution in [1.82, 2.24) is 5.01 Å². The van der Waals surface area contributed by atoms with E-state index in [1.54, 1.807) is 19.2 Å². The second kappa shape index (κ2) is 5.97. The molecule has 0 aromatic rings. The summed E-state index contributed by atoms with van der Waals surface area (Å²) >= 11 is 0. The Bertz CT molecular complexity index is 142. The normalized spacial score (nSPS) is 12.3. The Morgan fingerprint density at radius 3 is 2.17 bits per heavy atom. The van der Waals surface area contributed by atoms with Crippen LogP contribution in [0, 0.1) is 0 Å². The molecular weight excluding hydrogens is 156 g/mol. The third kappa shape index (κ3) is 5.09. The lowest BCUT2D eigenvalue weighted by molar-refractivity contribution is -0.0959. The van der Waals surface area contributed by atoms with Crippen molar-refractivity contribution in [1.29, 1.82) is 0 Å². The Balaban J connectivity index is 3.88. The molecule has 0 aromatic heterocycles. The van der Waals surface area contributed by atoms with E-state index in [-0.39, 0.29) is 6.29 Å². The van der Waals surface area contributed by atoms with E-state index in [1.807, 2.05) is 21.0 Å². The van der Waals surface area contributed by atoms with Crippen molar-refractivity contribution < 1.29 is 9.47 Å². The minimum atomic E-state index is -0.186. The number of hydrazone groups is 1. The molecule has 0 spiro atoms. The molecule has 0 aliphatic rings. The largest absolute Gasteiger partial charge is 0.356 e. The molecule has 4 heteroatoms. The fourth-order valence-corrected chi connectivity index (χ4v) is 0.886. The summed E-state index contributed by atoms with van der Waals surface area (Å²) in [5.74, 6) is 0. The predicted molar refractivity (Wildman–Crippen MR) is 49.2 cm³/mol. The summed E-state index contributed by atoms with van der Waals surface area (Å²) in [7, 11) is 7.02. The molecule has 0 aliphatic heterocycles. The monoisotopic (exact) mass is 174 g/mol. The number of ether oxygens (including phenoxy) is 2. The molecule has 0 radical (unpaired) electrons. The summed E-state index contributed by atoms with van der Waals surface area (Å²) in [4.78, 5) is 0. The first-order chi connectivity index (χ1) is 5.60. The van der Waals surface area contributed by atoms with Gasteiger partial charge in [-0.1, -0.05) is 0 Å². The molecule has 0 saturated heterocycles. The summed E-state index contributed by atoms with van der Waals surface area (Å²) in [5, 5.41) is 5.96. The maximum atomic E-state index is 5.03. The van der Waals surface area contributed by atoms with Crippen LogP contribution in [0.4, 0.5) is 0 Å². The summed E-state index contributed by atoms with van der Waals surface area (Å²) in [6.07, 6.45) is 0.513. The number of hydrogen-bond acceptors (Lipinski definition) is 4. The first-order valence-corrected chi connectivity index (χ1v) is 3.87. The van der Waals surface area contributed by atoms with Gasteiger partial charge in [0.2, 0.25) is 0 Å². The van der Waals surface area contributed by atoms with Crippen LogP contribution >= 0.6 is 0 Å². The van der Waals surface area contributed by atoms with Gasteiger partial charge in [-0.15, -0.1) is 0 Å². The van der Waals surface area contributed by atoms with Gasteiger partial charge in [0.25, 0.3) is 0 Å². The van der Waals surface area contributed by atoms with Crippen molar-refractivity contribution in [3.8, 4) is 0 Å². The van der Waals surface area contributed by atoms with Crippen molar-refractivity contribution in [3.63, 3.8) is 0 Å². The second-order valence-electron chi connectivity index (χ2n) is 2.79. The van der Waals surface area contributed by atoms with Crippen molar-refractivity contribution in [3.05, 3.63) is 0 Å². The highest BCUT2D eigenvalue weighted by Gasteiger charge is 2.06. The zero-order valence-corrected chi connectivity index (χ0v) is 8.50.